The zero-order chi connectivity index (χ0) is 20.4. The normalized spacial score (nSPS) is 16.2. The lowest BCUT2D eigenvalue weighted by molar-refractivity contribution is -0.123. The van der Waals surface area contributed by atoms with Crippen LogP contribution >= 0.6 is 0 Å². The monoisotopic (exact) mass is 387 g/mol. The average Bonchev–Trinajstić information content (AvgIpc) is 2.66. The number of aliphatic imine (C=N–C) groups is 1. The number of primary amides is 1. The predicted molar refractivity (Wildman–Crippen MR) is 117 cm³/mol. The topological polar surface area (TPSA) is 82.8 Å². The molecule has 0 spiro atoms. The Hall–Kier alpha value is -2.08. The lowest BCUT2D eigenvalue weighted by atomic mass is 9.96. The molecule has 1 saturated heterocycles. The Balaban J connectivity index is 1.55. The van der Waals surface area contributed by atoms with E-state index in [4.69, 9.17) is 5.73 Å². The lowest BCUT2D eigenvalue weighted by Gasteiger charge is -2.30. The molecule has 0 aromatic heterocycles. The summed E-state index contributed by atoms with van der Waals surface area (Å²) in [7, 11) is 1.81. The van der Waals surface area contributed by atoms with Gasteiger partial charge in [-0.25, -0.2) is 0 Å². The Kier molecular flexibility index (Phi) is 9.28. The van der Waals surface area contributed by atoms with Crippen LogP contribution in [-0.4, -0.2) is 56.5 Å². The third-order valence-electron chi connectivity index (χ3n) is 5.39. The number of nitrogens with two attached hydrogens (primary N) is 1. The highest BCUT2D eigenvalue weighted by Crippen LogP contribution is 2.16. The summed E-state index contributed by atoms with van der Waals surface area (Å²) < 4.78 is 0. The first kappa shape index (κ1) is 22.2. The van der Waals surface area contributed by atoms with Crippen LogP contribution in [-0.2, 0) is 11.2 Å². The van der Waals surface area contributed by atoms with Gasteiger partial charge in [0, 0.05) is 26.1 Å². The van der Waals surface area contributed by atoms with Gasteiger partial charge in [-0.3, -0.25) is 9.79 Å². The van der Waals surface area contributed by atoms with E-state index in [9.17, 15) is 4.79 Å². The highest BCUT2D eigenvalue weighted by Gasteiger charge is 2.22. The van der Waals surface area contributed by atoms with E-state index in [0.717, 1.165) is 70.8 Å². The molecule has 1 aliphatic heterocycles. The first-order valence-corrected chi connectivity index (χ1v) is 10.5. The third kappa shape index (κ3) is 7.89. The van der Waals surface area contributed by atoms with Gasteiger partial charge in [-0.15, -0.1) is 0 Å². The fraction of sp³-hybridized carbons (Fsp3) is 0.636. The molecule has 1 amide bonds. The molecule has 156 valence electrons. The van der Waals surface area contributed by atoms with Crippen molar-refractivity contribution in [3.8, 4) is 0 Å². The quantitative estimate of drug-likeness (QED) is 0.344. The van der Waals surface area contributed by atoms with Crippen LogP contribution in [0.5, 0.6) is 0 Å². The van der Waals surface area contributed by atoms with Gasteiger partial charge in [-0.05, 0) is 71.1 Å². The fourth-order valence-corrected chi connectivity index (χ4v) is 3.87. The van der Waals surface area contributed by atoms with Gasteiger partial charge in [0.05, 0.1) is 0 Å². The number of unbranched alkanes of at least 4 members (excludes halogenated alkanes) is 1. The van der Waals surface area contributed by atoms with Gasteiger partial charge < -0.3 is 21.3 Å². The number of hydrogen-bond acceptors (Lipinski definition) is 3. The standard InChI is InChI=1S/C22H37N5O/c1-17-14-18(2)16-19(15-17)6-10-26-22(24-3)25-9-4-5-11-27-12-7-20(8-13-27)21(23)28/h14-16,20H,4-13H2,1-3H3,(H2,23,28)(H2,24,25,26). The molecule has 6 nitrogen and oxygen atoms in total. The van der Waals surface area contributed by atoms with Crippen molar-refractivity contribution in [3.05, 3.63) is 34.9 Å². The van der Waals surface area contributed by atoms with Crippen molar-refractivity contribution in [3.63, 3.8) is 0 Å². The van der Waals surface area contributed by atoms with Gasteiger partial charge >= 0.3 is 0 Å². The van der Waals surface area contributed by atoms with Crippen LogP contribution in [0.1, 0.15) is 42.4 Å². The molecule has 4 N–H and O–H groups in total. The molecule has 0 atom stereocenters. The number of likely N-dealkylation sites (tertiary alicyclic amines) is 1. The van der Waals surface area contributed by atoms with E-state index in [0.29, 0.717) is 0 Å². The van der Waals surface area contributed by atoms with Gasteiger partial charge in [-0.2, -0.15) is 0 Å². The molecule has 1 aliphatic rings. The SMILES string of the molecule is CN=C(NCCCCN1CCC(C(N)=O)CC1)NCCc1cc(C)cc(C)c1. The third-order valence-corrected chi connectivity index (χ3v) is 5.39. The molecule has 0 bridgehead atoms. The molecule has 0 saturated carbocycles. The molecule has 1 heterocycles. The number of hydrogen-bond donors (Lipinski definition) is 3. The Morgan fingerprint density at radius 2 is 1.75 bits per heavy atom. The molecule has 0 aliphatic carbocycles. The maximum Gasteiger partial charge on any atom is 0.220 e. The summed E-state index contributed by atoms with van der Waals surface area (Å²) >= 11 is 0. The lowest BCUT2D eigenvalue weighted by Crippen LogP contribution is -2.40. The van der Waals surface area contributed by atoms with Crippen LogP contribution in [0.25, 0.3) is 0 Å². The zero-order valence-corrected chi connectivity index (χ0v) is 17.8. The van der Waals surface area contributed by atoms with Crippen molar-refractivity contribution in [2.75, 3.05) is 39.8 Å². The largest absolute Gasteiger partial charge is 0.369 e. The molecular weight excluding hydrogens is 350 g/mol. The number of nitrogens with zero attached hydrogens (tertiary/aromatic N) is 2. The molecule has 2 rings (SSSR count). The summed E-state index contributed by atoms with van der Waals surface area (Å²) in [5, 5.41) is 6.79. The van der Waals surface area contributed by atoms with E-state index < -0.39 is 0 Å². The fourth-order valence-electron chi connectivity index (χ4n) is 3.87. The Bertz CT molecular complexity index is 630. The van der Waals surface area contributed by atoms with Crippen molar-refractivity contribution in [2.24, 2.45) is 16.6 Å². The summed E-state index contributed by atoms with van der Waals surface area (Å²) in [5.74, 6) is 0.808. The molecule has 1 aromatic carbocycles. The summed E-state index contributed by atoms with van der Waals surface area (Å²) in [6, 6.07) is 6.70. The van der Waals surface area contributed by atoms with Crippen LogP contribution in [0, 0.1) is 19.8 Å². The Labute approximate surface area is 170 Å². The molecular formula is C22H37N5O. The molecule has 6 heteroatoms. The maximum atomic E-state index is 11.2. The summed E-state index contributed by atoms with van der Waals surface area (Å²) in [4.78, 5) is 18.0. The summed E-state index contributed by atoms with van der Waals surface area (Å²) in [6.45, 7) is 9.14. The highest BCUT2D eigenvalue weighted by molar-refractivity contribution is 5.79. The van der Waals surface area contributed by atoms with E-state index in [1.54, 1.807) is 0 Å². The number of guanidine groups is 1. The summed E-state index contributed by atoms with van der Waals surface area (Å²) in [5.41, 5.74) is 9.39. The minimum absolute atomic E-state index is 0.0797. The minimum atomic E-state index is -0.139. The number of nitrogens with one attached hydrogen (secondary N) is 2. The van der Waals surface area contributed by atoms with Crippen molar-refractivity contribution < 1.29 is 4.79 Å². The molecule has 0 unspecified atom stereocenters. The number of aryl methyl sites for hydroxylation is 2. The number of carbonyl (C=O) groups is 1. The van der Waals surface area contributed by atoms with E-state index in [2.05, 4.69) is 52.6 Å². The van der Waals surface area contributed by atoms with E-state index in [1.807, 2.05) is 7.05 Å². The van der Waals surface area contributed by atoms with Gasteiger partial charge in [0.2, 0.25) is 5.91 Å². The number of benzene rings is 1. The zero-order valence-electron chi connectivity index (χ0n) is 17.8. The van der Waals surface area contributed by atoms with Gasteiger partial charge in [0.15, 0.2) is 5.96 Å². The molecule has 1 fully saturated rings. The van der Waals surface area contributed by atoms with Crippen LogP contribution in [0.4, 0.5) is 0 Å². The van der Waals surface area contributed by atoms with Gasteiger partial charge in [-0.1, -0.05) is 29.3 Å². The average molecular weight is 388 g/mol. The van der Waals surface area contributed by atoms with E-state index >= 15 is 0 Å². The second kappa shape index (κ2) is 11.7. The van der Waals surface area contributed by atoms with Crippen molar-refractivity contribution in [2.45, 2.75) is 46.0 Å². The van der Waals surface area contributed by atoms with Crippen molar-refractivity contribution in [1.82, 2.24) is 15.5 Å². The summed E-state index contributed by atoms with van der Waals surface area (Å²) in [6.07, 6.45) is 5.06. The molecule has 28 heavy (non-hydrogen) atoms. The van der Waals surface area contributed by atoms with E-state index in [-0.39, 0.29) is 11.8 Å². The van der Waals surface area contributed by atoms with Crippen LogP contribution < -0.4 is 16.4 Å². The maximum absolute atomic E-state index is 11.2. The van der Waals surface area contributed by atoms with Crippen molar-refractivity contribution >= 4 is 11.9 Å². The first-order chi connectivity index (χ1) is 13.5. The number of piperidine rings is 1. The predicted octanol–water partition coefficient (Wildman–Crippen LogP) is 1.99. The minimum Gasteiger partial charge on any atom is -0.369 e. The smallest absolute Gasteiger partial charge is 0.220 e. The van der Waals surface area contributed by atoms with Gasteiger partial charge in [0.1, 0.15) is 0 Å². The number of rotatable bonds is 9. The van der Waals surface area contributed by atoms with E-state index in [1.165, 1.54) is 16.7 Å². The first-order valence-electron chi connectivity index (χ1n) is 10.5. The molecule has 0 radical (unpaired) electrons. The Morgan fingerprint density at radius 1 is 1.11 bits per heavy atom. The molecule has 1 aromatic rings. The number of carbonyl (C=O) groups excluding carboxylic acids is 1. The number of amides is 1. The van der Waals surface area contributed by atoms with Gasteiger partial charge in [0.25, 0.3) is 0 Å². The van der Waals surface area contributed by atoms with Crippen LogP contribution in [0.15, 0.2) is 23.2 Å². The Morgan fingerprint density at radius 3 is 2.36 bits per heavy atom. The van der Waals surface area contributed by atoms with Crippen molar-refractivity contribution in [1.29, 1.82) is 0 Å². The second-order valence-electron chi connectivity index (χ2n) is 7.90. The van der Waals surface area contributed by atoms with Crippen LogP contribution in [0.3, 0.4) is 0 Å². The highest BCUT2D eigenvalue weighted by atomic mass is 16.1. The second-order valence-corrected chi connectivity index (χ2v) is 7.90. The van der Waals surface area contributed by atoms with Crippen LogP contribution in [0.2, 0.25) is 0 Å².